The van der Waals surface area contributed by atoms with Crippen LogP contribution in [0.3, 0.4) is 0 Å². The molecule has 1 saturated heterocycles. The van der Waals surface area contributed by atoms with Crippen LogP contribution in [0.2, 0.25) is 0 Å². The van der Waals surface area contributed by atoms with E-state index in [2.05, 4.69) is 28.4 Å². The van der Waals surface area contributed by atoms with Crippen LogP contribution in [0.5, 0.6) is 5.75 Å². The van der Waals surface area contributed by atoms with Crippen LogP contribution in [-0.2, 0) is 6.42 Å². The lowest BCUT2D eigenvalue weighted by Gasteiger charge is -2.29. The van der Waals surface area contributed by atoms with Crippen molar-refractivity contribution in [3.05, 3.63) is 29.3 Å². The monoisotopic (exact) mass is 262 g/mol. The van der Waals surface area contributed by atoms with E-state index in [1.54, 1.807) is 0 Å². The van der Waals surface area contributed by atoms with Gasteiger partial charge in [-0.05, 0) is 30.2 Å². The molecule has 0 aliphatic carbocycles. The Kier molecular flexibility index (Phi) is 4.01. The highest BCUT2D eigenvalue weighted by Gasteiger charge is 2.22. The summed E-state index contributed by atoms with van der Waals surface area (Å²) in [5.41, 5.74) is 2.50. The van der Waals surface area contributed by atoms with Crippen LogP contribution in [-0.4, -0.2) is 49.4 Å². The molecular formula is C15H22N2O2. The maximum absolute atomic E-state index is 9.78. The first-order chi connectivity index (χ1) is 9.38. The van der Waals surface area contributed by atoms with E-state index in [0.717, 1.165) is 51.4 Å². The zero-order valence-electron chi connectivity index (χ0n) is 11.3. The summed E-state index contributed by atoms with van der Waals surface area (Å²) in [6, 6.07) is 6.48. The third-order valence-corrected chi connectivity index (χ3v) is 4.09. The van der Waals surface area contributed by atoms with Crippen molar-refractivity contribution in [1.82, 2.24) is 10.2 Å². The minimum atomic E-state index is 0.116. The molecule has 0 saturated carbocycles. The Morgan fingerprint density at radius 1 is 1.32 bits per heavy atom. The highest BCUT2D eigenvalue weighted by atomic mass is 16.5. The van der Waals surface area contributed by atoms with E-state index in [1.165, 1.54) is 11.1 Å². The average molecular weight is 262 g/mol. The van der Waals surface area contributed by atoms with Crippen LogP contribution in [0, 0.1) is 0 Å². The maximum atomic E-state index is 9.78. The number of rotatable bonds is 3. The Morgan fingerprint density at radius 2 is 2.26 bits per heavy atom. The van der Waals surface area contributed by atoms with Crippen molar-refractivity contribution >= 4 is 0 Å². The van der Waals surface area contributed by atoms with Gasteiger partial charge in [-0.15, -0.1) is 0 Å². The van der Waals surface area contributed by atoms with E-state index < -0.39 is 0 Å². The molecule has 104 valence electrons. The number of benzene rings is 1. The van der Waals surface area contributed by atoms with Gasteiger partial charge < -0.3 is 15.2 Å². The third kappa shape index (κ3) is 2.76. The lowest BCUT2D eigenvalue weighted by atomic mass is 10.0. The van der Waals surface area contributed by atoms with Gasteiger partial charge in [0.25, 0.3) is 0 Å². The lowest BCUT2D eigenvalue weighted by Crippen LogP contribution is -2.34. The normalized spacial score (nSPS) is 21.5. The lowest BCUT2D eigenvalue weighted by molar-refractivity contribution is 0.130. The Hall–Kier alpha value is -1.10. The molecule has 3 rings (SSSR count). The van der Waals surface area contributed by atoms with E-state index in [1.807, 2.05) is 0 Å². The van der Waals surface area contributed by atoms with Gasteiger partial charge in [0.2, 0.25) is 0 Å². The summed E-state index contributed by atoms with van der Waals surface area (Å²) in [5, 5.41) is 13.2. The topological polar surface area (TPSA) is 44.7 Å². The summed E-state index contributed by atoms with van der Waals surface area (Å²) < 4.78 is 5.55. The van der Waals surface area contributed by atoms with E-state index in [4.69, 9.17) is 4.74 Å². The summed E-state index contributed by atoms with van der Waals surface area (Å²) in [6.45, 7) is 5.09. The second kappa shape index (κ2) is 5.90. The van der Waals surface area contributed by atoms with Crippen LogP contribution in [0.15, 0.2) is 18.2 Å². The van der Waals surface area contributed by atoms with Crippen LogP contribution in [0.4, 0.5) is 0 Å². The molecule has 4 heteroatoms. The van der Waals surface area contributed by atoms with Gasteiger partial charge in [-0.2, -0.15) is 0 Å². The molecule has 1 aromatic carbocycles. The first-order valence-corrected chi connectivity index (χ1v) is 7.20. The second-order valence-corrected chi connectivity index (χ2v) is 5.30. The number of hydrogen-bond donors (Lipinski definition) is 2. The molecule has 19 heavy (non-hydrogen) atoms. The Morgan fingerprint density at radius 3 is 3.16 bits per heavy atom. The molecule has 0 spiro atoms. The van der Waals surface area contributed by atoms with E-state index in [0.29, 0.717) is 0 Å². The van der Waals surface area contributed by atoms with Crippen LogP contribution >= 0.6 is 0 Å². The molecule has 0 radical (unpaired) electrons. The molecule has 2 aliphatic heterocycles. The Bertz CT molecular complexity index is 428. The minimum absolute atomic E-state index is 0.116. The number of aliphatic hydroxyl groups is 1. The zero-order valence-corrected chi connectivity index (χ0v) is 11.3. The molecule has 2 aliphatic rings. The standard InChI is InChI=1S/C15H22N2O2/c18-11-14(17-7-1-5-16-6-8-17)12-2-3-15-13(10-12)4-9-19-15/h2-3,10,14,16,18H,1,4-9,11H2. The van der Waals surface area contributed by atoms with Crippen molar-refractivity contribution in [2.45, 2.75) is 18.9 Å². The number of ether oxygens (including phenoxy) is 1. The molecule has 1 unspecified atom stereocenters. The fourth-order valence-electron chi connectivity index (χ4n) is 3.02. The van der Waals surface area contributed by atoms with Gasteiger partial charge in [0.05, 0.1) is 19.3 Å². The highest BCUT2D eigenvalue weighted by Crippen LogP contribution is 2.30. The molecule has 0 aromatic heterocycles. The largest absolute Gasteiger partial charge is 0.493 e. The number of hydrogen-bond acceptors (Lipinski definition) is 4. The number of nitrogens with zero attached hydrogens (tertiary/aromatic N) is 1. The van der Waals surface area contributed by atoms with Gasteiger partial charge in [0.15, 0.2) is 0 Å². The first kappa shape index (κ1) is 12.9. The Balaban J connectivity index is 1.80. The molecule has 1 atom stereocenters. The third-order valence-electron chi connectivity index (χ3n) is 4.09. The summed E-state index contributed by atoms with van der Waals surface area (Å²) in [7, 11) is 0. The SMILES string of the molecule is OCC(c1ccc2c(c1)CCO2)N1CCCNCC1. The van der Waals surface area contributed by atoms with E-state index in [-0.39, 0.29) is 12.6 Å². The van der Waals surface area contributed by atoms with Gasteiger partial charge in [0, 0.05) is 26.1 Å². The predicted molar refractivity (Wildman–Crippen MR) is 74.5 cm³/mol. The van der Waals surface area contributed by atoms with E-state index in [9.17, 15) is 5.11 Å². The molecule has 0 amide bonds. The fraction of sp³-hybridized carbons (Fsp3) is 0.600. The molecule has 4 nitrogen and oxygen atoms in total. The second-order valence-electron chi connectivity index (χ2n) is 5.30. The number of aliphatic hydroxyl groups excluding tert-OH is 1. The van der Waals surface area contributed by atoms with Crippen molar-refractivity contribution in [3.63, 3.8) is 0 Å². The average Bonchev–Trinajstić information content (AvgIpc) is 2.74. The number of nitrogens with one attached hydrogen (secondary N) is 1. The van der Waals surface area contributed by atoms with Crippen molar-refractivity contribution in [1.29, 1.82) is 0 Å². The highest BCUT2D eigenvalue weighted by molar-refractivity contribution is 5.40. The Labute approximate surface area is 114 Å². The van der Waals surface area contributed by atoms with Gasteiger partial charge in [0.1, 0.15) is 5.75 Å². The predicted octanol–water partition coefficient (Wildman–Crippen LogP) is 0.950. The van der Waals surface area contributed by atoms with Gasteiger partial charge in [-0.1, -0.05) is 12.1 Å². The molecule has 2 N–H and O–H groups in total. The molecule has 1 fully saturated rings. The van der Waals surface area contributed by atoms with Crippen molar-refractivity contribution in [2.24, 2.45) is 0 Å². The molecule has 2 heterocycles. The molecule has 1 aromatic rings. The number of fused-ring (bicyclic) bond motifs is 1. The zero-order chi connectivity index (χ0) is 13.1. The molecular weight excluding hydrogens is 240 g/mol. The smallest absolute Gasteiger partial charge is 0.122 e. The summed E-state index contributed by atoms with van der Waals surface area (Å²) in [6.07, 6.45) is 2.13. The van der Waals surface area contributed by atoms with Crippen molar-refractivity contribution in [2.75, 3.05) is 39.4 Å². The van der Waals surface area contributed by atoms with Crippen LogP contribution in [0.25, 0.3) is 0 Å². The summed E-state index contributed by atoms with van der Waals surface area (Å²) in [4.78, 5) is 2.39. The quantitative estimate of drug-likeness (QED) is 0.851. The van der Waals surface area contributed by atoms with Gasteiger partial charge in [-0.3, -0.25) is 4.90 Å². The van der Waals surface area contributed by atoms with E-state index >= 15 is 0 Å². The first-order valence-electron chi connectivity index (χ1n) is 7.20. The maximum Gasteiger partial charge on any atom is 0.122 e. The van der Waals surface area contributed by atoms with Crippen LogP contribution in [0.1, 0.15) is 23.6 Å². The minimum Gasteiger partial charge on any atom is -0.493 e. The summed E-state index contributed by atoms with van der Waals surface area (Å²) >= 11 is 0. The van der Waals surface area contributed by atoms with Gasteiger partial charge >= 0.3 is 0 Å². The van der Waals surface area contributed by atoms with Crippen molar-refractivity contribution in [3.8, 4) is 5.75 Å². The fourth-order valence-corrected chi connectivity index (χ4v) is 3.02. The van der Waals surface area contributed by atoms with Gasteiger partial charge in [-0.25, -0.2) is 0 Å². The van der Waals surface area contributed by atoms with Crippen molar-refractivity contribution < 1.29 is 9.84 Å². The summed E-state index contributed by atoms with van der Waals surface area (Å²) in [5.74, 6) is 1.01. The molecule has 0 bridgehead atoms. The van der Waals surface area contributed by atoms with Crippen LogP contribution < -0.4 is 10.1 Å².